The number of halogens is 1. The molecule has 0 atom stereocenters. The molecule has 0 spiro atoms. The van der Waals surface area contributed by atoms with Gasteiger partial charge < -0.3 is 10.2 Å². The molecule has 0 heterocycles. The number of hydrogen-bond acceptors (Lipinski definition) is 2. The molecule has 0 saturated carbocycles. The summed E-state index contributed by atoms with van der Waals surface area (Å²) in [6, 6.07) is 0. The topological polar surface area (TPSA) is 27.6 Å². The van der Waals surface area contributed by atoms with Gasteiger partial charge >= 0.3 is 0 Å². The zero-order valence-corrected chi connectivity index (χ0v) is 16.9. The number of guanidine groups is 1. The zero-order chi connectivity index (χ0) is 14.7. The third-order valence-corrected chi connectivity index (χ3v) is 4.45. The van der Waals surface area contributed by atoms with Crippen molar-refractivity contribution in [2.24, 2.45) is 4.99 Å². The van der Waals surface area contributed by atoms with Crippen LogP contribution in [0.4, 0.5) is 0 Å². The normalized spacial score (nSPS) is 11.8. The molecule has 0 aromatic carbocycles. The molecule has 0 amide bonds. The number of hydrogen-bond donors (Lipinski definition) is 1. The lowest BCUT2D eigenvalue weighted by Crippen LogP contribution is -2.44. The molecule has 0 unspecified atom stereocenters. The molecule has 0 aromatic rings. The van der Waals surface area contributed by atoms with Gasteiger partial charge in [-0.3, -0.25) is 4.99 Å². The highest BCUT2D eigenvalue weighted by atomic mass is 127. The van der Waals surface area contributed by atoms with Gasteiger partial charge in [-0.05, 0) is 39.4 Å². The summed E-state index contributed by atoms with van der Waals surface area (Å²) in [6.07, 6.45) is 8.96. The third kappa shape index (κ3) is 10.8. The molecule has 0 aliphatic rings. The van der Waals surface area contributed by atoms with Crippen LogP contribution in [0.3, 0.4) is 0 Å². The Morgan fingerprint density at radius 2 is 2.00 bits per heavy atom. The van der Waals surface area contributed by atoms with Crippen molar-refractivity contribution >= 4 is 41.7 Å². The summed E-state index contributed by atoms with van der Waals surface area (Å²) in [5, 5.41) is 3.45. The van der Waals surface area contributed by atoms with Gasteiger partial charge in [0.1, 0.15) is 0 Å². The minimum Gasteiger partial charge on any atom is -0.355 e. The van der Waals surface area contributed by atoms with Crippen molar-refractivity contribution < 1.29 is 0 Å². The summed E-state index contributed by atoms with van der Waals surface area (Å²) in [5.41, 5.74) is 0. The fourth-order valence-corrected chi connectivity index (χ4v) is 1.89. The van der Waals surface area contributed by atoms with Crippen LogP contribution in [0.2, 0.25) is 0 Å². The average Bonchev–Trinajstić information content (AvgIpc) is 2.39. The monoisotopic (exact) mass is 413 g/mol. The number of nitrogens with zero attached hydrogens (tertiary/aromatic N) is 2. The Hall–Kier alpha value is 0.0900. The molecule has 0 rings (SSSR count). The van der Waals surface area contributed by atoms with Crippen LogP contribution >= 0.6 is 35.7 Å². The Bertz CT molecular complexity index is 280. The largest absolute Gasteiger partial charge is 0.355 e. The molecule has 0 aliphatic carbocycles. The maximum absolute atomic E-state index is 4.35. The van der Waals surface area contributed by atoms with Crippen molar-refractivity contribution in [3.63, 3.8) is 0 Å². The molecular weight excluding hydrogens is 381 g/mol. The Morgan fingerprint density at radius 3 is 2.50 bits per heavy atom. The molecule has 120 valence electrons. The predicted molar refractivity (Wildman–Crippen MR) is 106 cm³/mol. The van der Waals surface area contributed by atoms with E-state index in [1.807, 2.05) is 24.9 Å². The Morgan fingerprint density at radius 1 is 1.35 bits per heavy atom. The highest BCUT2D eigenvalue weighted by Crippen LogP contribution is 2.19. The second-order valence-corrected chi connectivity index (χ2v) is 6.94. The second-order valence-electron chi connectivity index (χ2n) is 5.42. The first kappa shape index (κ1) is 22.4. The molecule has 0 aliphatic heterocycles. The van der Waals surface area contributed by atoms with E-state index < -0.39 is 0 Å². The van der Waals surface area contributed by atoms with Crippen LogP contribution in [0.5, 0.6) is 0 Å². The van der Waals surface area contributed by atoms with Gasteiger partial charge in [-0.1, -0.05) is 12.5 Å². The predicted octanol–water partition coefficient (Wildman–Crippen LogP) is 4.00. The second kappa shape index (κ2) is 12.8. The first-order chi connectivity index (χ1) is 8.96. The minimum absolute atomic E-state index is 0. The van der Waals surface area contributed by atoms with E-state index in [-0.39, 0.29) is 28.7 Å². The van der Waals surface area contributed by atoms with Crippen LogP contribution in [0.15, 0.2) is 17.6 Å². The Labute approximate surface area is 147 Å². The summed E-state index contributed by atoms with van der Waals surface area (Å²) in [4.78, 5) is 6.56. The summed E-state index contributed by atoms with van der Waals surface area (Å²) in [5.74, 6) is 0.992. The van der Waals surface area contributed by atoms with Crippen molar-refractivity contribution in [1.82, 2.24) is 10.2 Å². The van der Waals surface area contributed by atoms with Crippen LogP contribution in [-0.2, 0) is 0 Å². The fourth-order valence-electron chi connectivity index (χ4n) is 1.67. The molecule has 0 aromatic heterocycles. The van der Waals surface area contributed by atoms with E-state index in [1.165, 1.54) is 19.3 Å². The average molecular weight is 413 g/mol. The summed E-state index contributed by atoms with van der Waals surface area (Å²) >= 11 is 1.87. The lowest BCUT2D eigenvalue weighted by molar-refractivity contribution is 0.452. The van der Waals surface area contributed by atoms with Crippen molar-refractivity contribution in [3.05, 3.63) is 12.7 Å². The Kier molecular flexibility index (Phi) is 14.3. The Balaban J connectivity index is 0. The van der Waals surface area contributed by atoms with Crippen LogP contribution in [-0.4, -0.2) is 49.0 Å². The first-order valence-electron chi connectivity index (χ1n) is 7.04. The number of unbranched alkanes of at least 4 members (excludes halogenated alkanes) is 3. The maximum Gasteiger partial charge on any atom is 0.193 e. The van der Waals surface area contributed by atoms with E-state index in [1.54, 1.807) is 0 Å². The molecule has 0 bridgehead atoms. The van der Waals surface area contributed by atoms with E-state index in [0.29, 0.717) is 0 Å². The number of rotatable bonds is 9. The van der Waals surface area contributed by atoms with Crippen LogP contribution in [0, 0.1) is 0 Å². The first-order valence-corrected chi connectivity index (χ1v) is 8.27. The van der Waals surface area contributed by atoms with E-state index in [9.17, 15) is 0 Å². The van der Waals surface area contributed by atoms with Gasteiger partial charge in [-0.15, -0.1) is 30.6 Å². The van der Waals surface area contributed by atoms with E-state index in [2.05, 4.69) is 48.9 Å². The van der Waals surface area contributed by atoms with Crippen molar-refractivity contribution in [3.8, 4) is 0 Å². The zero-order valence-electron chi connectivity index (χ0n) is 13.7. The van der Waals surface area contributed by atoms with Gasteiger partial charge in [0.2, 0.25) is 0 Å². The van der Waals surface area contributed by atoms with Gasteiger partial charge in [0.25, 0.3) is 0 Å². The van der Waals surface area contributed by atoms with Gasteiger partial charge in [0.15, 0.2) is 5.96 Å². The SMILES string of the molecule is C=CCCCCCN(C)C(=NC)NCC(C)(C)SC.I. The molecule has 1 N–H and O–H groups in total. The smallest absolute Gasteiger partial charge is 0.193 e. The molecule has 0 fully saturated rings. The molecule has 5 heteroatoms. The van der Waals surface area contributed by atoms with Gasteiger partial charge in [-0.25, -0.2) is 0 Å². The molecule has 0 saturated heterocycles. The van der Waals surface area contributed by atoms with Gasteiger partial charge in [-0.2, -0.15) is 11.8 Å². The van der Waals surface area contributed by atoms with Crippen LogP contribution < -0.4 is 5.32 Å². The van der Waals surface area contributed by atoms with Crippen molar-refractivity contribution in [2.45, 2.75) is 44.3 Å². The number of allylic oxidation sites excluding steroid dienone is 1. The number of aliphatic imine (C=N–C) groups is 1. The molecule has 0 radical (unpaired) electrons. The summed E-state index contributed by atoms with van der Waals surface area (Å²) in [7, 11) is 3.96. The van der Waals surface area contributed by atoms with Gasteiger partial charge in [0.05, 0.1) is 0 Å². The van der Waals surface area contributed by atoms with E-state index in [4.69, 9.17) is 0 Å². The fraction of sp³-hybridized carbons (Fsp3) is 0.800. The van der Waals surface area contributed by atoms with Gasteiger partial charge in [0, 0.05) is 31.9 Å². The maximum atomic E-state index is 4.35. The highest BCUT2D eigenvalue weighted by Gasteiger charge is 2.17. The molecular formula is C15H32IN3S. The van der Waals surface area contributed by atoms with Crippen molar-refractivity contribution in [2.75, 3.05) is 33.4 Å². The highest BCUT2D eigenvalue weighted by molar-refractivity contribution is 14.0. The standard InChI is InChI=1S/C15H31N3S.HI/c1-7-8-9-10-11-12-18(5)14(16-4)17-13-15(2,3)19-6;/h7H,1,8-13H2,2-6H3,(H,16,17);1H. The molecule has 20 heavy (non-hydrogen) atoms. The van der Waals surface area contributed by atoms with Crippen molar-refractivity contribution in [1.29, 1.82) is 0 Å². The lowest BCUT2D eigenvalue weighted by Gasteiger charge is -2.27. The quantitative estimate of drug-likeness (QED) is 0.204. The number of thioether (sulfide) groups is 1. The summed E-state index contributed by atoms with van der Waals surface area (Å²) < 4.78 is 0.237. The minimum atomic E-state index is 0. The molecule has 3 nitrogen and oxygen atoms in total. The van der Waals surface area contributed by atoms with Crippen LogP contribution in [0.25, 0.3) is 0 Å². The van der Waals surface area contributed by atoms with E-state index >= 15 is 0 Å². The third-order valence-electron chi connectivity index (χ3n) is 3.20. The number of nitrogens with one attached hydrogen (secondary N) is 1. The lowest BCUT2D eigenvalue weighted by atomic mass is 10.2. The van der Waals surface area contributed by atoms with E-state index in [0.717, 1.165) is 25.5 Å². The summed E-state index contributed by atoms with van der Waals surface area (Å²) in [6.45, 7) is 10.2. The van der Waals surface area contributed by atoms with Crippen LogP contribution in [0.1, 0.15) is 39.5 Å².